The first-order valence-electron chi connectivity index (χ1n) is 5.76. The molecule has 2 aromatic heterocycles. The molecule has 0 spiro atoms. The molecule has 0 aliphatic rings. The van der Waals surface area contributed by atoms with Crippen molar-refractivity contribution in [1.29, 1.82) is 0 Å². The topological polar surface area (TPSA) is 50.9 Å². The zero-order valence-electron chi connectivity index (χ0n) is 10.2. The lowest BCUT2D eigenvalue weighted by Crippen LogP contribution is -2.24. The van der Waals surface area contributed by atoms with Crippen LogP contribution in [0.15, 0.2) is 36.9 Å². The highest BCUT2D eigenvalue weighted by Gasteiger charge is 2.24. The van der Waals surface area contributed by atoms with Gasteiger partial charge in [0.1, 0.15) is 0 Å². The first-order valence-corrected chi connectivity index (χ1v) is 5.76. The highest BCUT2D eigenvalue weighted by Crippen LogP contribution is 2.24. The van der Waals surface area contributed by atoms with Crippen molar-refractivity contribution in [2.75, 3.05) is 0 Å². The van der Waals surface area contributed by atoms with Crippen molar-refractivity contribution in [3.8, 4) is 0 Å². The summed E-state index contributed by atoms with van der Waals surface area (Å²) < 4.78 is 1.86. The fourth-order valence-electron chi connectivity index (χ4n) is 1.85. The number of nitrogens with zero attached hydrogens (tertiary/aromatic N) is 3. The molecule has 0 radical (unpaired) electrons. The standard InChI is InChI=1S/C13H17N3O/c1-3-16-10-11(8-15-16)7-13(2,17)12-5-4-6-14-9-12/h4-6,8-10,17H,3,7H2,1-2H3. The number of pyridine rings is 1. The van der Waals surface area contributed by atoms with Gasteiger partial charge in [-0.05, 0) is 25.5 Å². The zero-order valence-corrected chi connectivity index (χ0v) is 10.2. The van der Waals surface area contributed by atoms with Crippen LogP contribution in [0.3, 0.4) is 0 Å². The molecule has 1 unspecified atom stereocenters. The van der Waals surface area contributed by atoms with E-state index in [1.807, 2.05) is 29.9 Å². The molecular formula is C13H17N3O. The first-order chi connectivity index (χ1) is 8.12. The van der Waals surface area contributed by atoms with E-state index < -0.39 is 5.60 Å². The molecule has 90 valence electrons. The van der Waals surface area contributed by atoms with Crippen molar-refractivity contribution >= 4 is 0 Å². The SMILES string of the molecule is CCn1cc(CC(C)(O)c2cccnc2)cn1. The maximum Gasteiger partial charge on any atom is 0.0924 e. The summed E-state index contributed by atoms with van der Waals surface area (Å²) in [5.41, 5.74) is 0.945. The molecule has 0 aliphatic carbocycles. The Balaban J connectivity index is 2.17. The molecule has 2 heterocycles. The fraction of sp³-hybridized carbons (Fsp3) is 0.385. The van der Waals surface area contributed by atoms with E-state index in [0.717, 1.165) is 17.7 Å². The monoisotopic (exact) mass is 231 g/mol. The largest absolute Gasteiger partial charge is 0.385 e. The number of aryl methyl sites for hydroxylation is 1. The van der Waals surface area contributed by atoms with Crippen molar-refractivity contribution in [2.45, 2.75) is 32.4 Å². The van der Waals surface area contributed by atoms with Gasteiger partial charge < -0.3 is 5.11 Å². The van der Waals surface area contributed by atoms with Gasteiger partial charge in [-0.3, -0.25) is 9.67 Å². The van der Waals surface area contributed by atoms with Gasteiger partial charge in [-0.25, -0.2) is 0 Å². The Morgan fingerprint density at radius 3 is 2.82 bits per heavy atom. The van der Waals surface area contributed by atoms with Crippen molar-refractivity contribution < 1.29 is 5.11 Å². The molecule has 0 fully saturated rings. The second kappa shape index (κ2) is 4.67. The predicted molar refractivity (Wildman–Crippen MR) is 65.4 cm³/mol. The predicted octanol–water partition coefficient (Wildman–Crippen LogP) is 1.75. The Kier molecular flexibility index (Phi) is 3.24. The second-order valence-electron chi connectivity index (χ2n) is 4.40. The van der Waals surface area contributed by atoms with Gasteiger partial charge in [-0.1, -0.05) is 6.07 Å². The summed E-state index contributed by atoms with van der Waals surface area (Å²) >= 11 is 0. The maximum absolute atomic E-state index is 10.4. The Morgan fingerprint density at radius 2 is 2.24 bits per heavy atom. The molecule has 1 atom stereocenters. The Morgan fingerprint density at radius 1 is 1.41 bits per heavy atom. The lowest BCUT2D eigenvalue weighted by atomic mass is 9.91. The van der Waals surface area contributed by atoms with Crippen LogP contribution >= 0.6 is 0 Å². The lowest BCUT2D eigenvalue weighted by molar-refractivity contribution is 0.0572. The molecule has 17 heavy (non-hydrogen) atoms. The van der Waals surface area contributed by atoms with Crippen LogP contribution in [0, 0.1) is 0 Å². The van der Waals surface area contributed by atoms with Crippen LogP contribution in [0.2, 0.25) is 0 Å². The van der Waals surface area contributed by atoms with Gasteiger partial charge in [0.25, 0.3) is 0 Å². The summed E-state index contributed by atoms with van der Waals surface area (Å²) in [7, 11) is 0. The summed E-state index contributed by atoms with van der Waals surface area (Å²) in [6.45, 7) is 4.68. The minimum atomic E-state index is -0.907. The summed E-state index contributed by atoms with van der Waals surface area (Å²) in [4.78, 5) is 4.03. The first kappa shape index (κ1) is 11.8. The summed E-state index contributed by atoms with van der Waals surface area (Å²) in [5, 5.41) is 14.6. The van der Waals surface area contributed by atoms with Crippen LogP contribution in [-0.2, 0) is 18.6 Å². The van der Waals surface area contributed by atoms with Gasteiger partial charge in [0.2, 0.25) is 0 Å². The van der Waals surface area contributed by atoms with Crippen molar-refractivity contribution in [3.63, 3.8) is 0 Å². The average molecular weight is 231 g/mol. The molecule has 2 rings (SSSR count). The molecule has 0 aliphatic heterocycles. The van der Waals surface area contributed by atoms with E-state index in [9.17, 15) is 5.11 Å². The van der Waals surface area contributed by atoms with Crippen LogP contribution in [0.25, 0.3) is 0 Å². The molecule has 0 bridgehead atoms. The maximum atomic E-state index is 10.4. The highest BCUT2D eigenvalue weighted by atomic mass is 16.3. The van der Waals surface area contributed by atoms with Gasteiger partial charge in [-0.2, -0.15) is 5.10 Å². The summed E-state index contributed by atoms with van der Waals surface area (Å²) in [5.74, 6) is 0. The van der Waals surface area contributed by atoms with Crippen LogP contribution in [0.4, 0.5) is 0 Å². The van der Waals surface area contributed by atoms with E-state index in [1.165, 1.54) is 0 Å². The Bertz CT molecular complexity index is 476. The lowest BCUT2D eigenvalue weighted by Gasteiger charge is -2.22. The smallest absolute Gasteiger partial charge is 0.0924 e. The normalized spacial score (nSPS) is 14.5. The third kappa shape index (κ3) is 2.71. The van der Waals surface area contributed by atoms with E-state index in [0.29, 0.717) is 6.42 Å². The van der Waals surface area contributed by atoms with Gasteiger partial charge >= 0.3 is 0 Å². The van der Waals surface area contributed by atoms with Crippen molar-refractivity contribution in [1.82, 2.24) is 14.8 Å². The van der Waals surface area contributed by atoms with Gasteiger partial charge in [0.05, 0.1) is 11.8 Å². The number of rotatable bonds is 4. The third-order valence-corrected chi connectivity index (χ3v) is 2.84. The van der Waals surface area contributed by atoms with Crippen LogP contribution in [0.5, 0.6) is 0 Å². The minimum Gasteiger partial charge on any atom is -0.385 e. The van der Waals surface area contributed by atoms with E-state index >= 15 is 0 Å². The molecule has 0 saturated heterocycles. The molecular weight excluding hydrogens is 214 g/mol. The van der Waals surface area contributed by atoms with Gasteiger partial charge in [0, 0.05) is 37.1 Å². The quantitative estimate of drug-likeness (QED) is 0.872. The van der Waals surface area contributed by atoms with Crippen LogP contribution in [-0.4, -0.2) is 19.9 Å². The third-order valence-electron chi connectivity index (χ3n) is 2.84. The van der Waals surface area contributed by atoms with Crippen LogP contribution < -0.4 is 0 Å². The number of aliphatic hydroxyl groups is 1. The van der Waals surface area contributed by atoms with E-state index in [-0.39, 0.29) is 0 Å². The number of aromatic nitrogens is 3. The molecule has 4 nitrogen and oxygen atoms in total. The molecule has 1 N–H and O–H groups in total. The Hall–Kier alpha value is -1.68. The van der Waals surface area contributed by atoms with Crippen LogP contribution in [0.1, 0.15) is 25.0 Å². The number of hydrogen-bond donors (Lipinski definition) is 1. The average Bonchev–Trinajstić information content (AvgIpc) is 2.77. The summed E-state index contributed by atoms with van der Waals surface area (Å²) in [6, 6.07) is 3.72. The van der Waals surface area contributed by atoms with Crippen molar-refractivity contribution in [2.24, 2.45) is 0 Å². The minimum absolute atomic E-state index is 0.540. The number of hydrogen-bond acceptors (Lipinski definition) is 3. The van der Waals surface area contributed by atoms with E-state index in [2.05, 4.69) is 10.1 Å². The van der Waals surface area contributed by atoms with E-state index in [1.54, 1.807) is 25.5 Å². The highest BCUT2D eigenvalue weighted by molar-refractivity contribution is 5.21. The molecule has 0 saturated carbocycles. The van der Waals surface area contributed by atoms with E-state index in [4.69, 9.17) is 0 Å². The Labute approximate surface area is 101 Å². The second-order valence-corrected chi connectivity index (χ2v) is 4.40. The molecule has 4 heteroatoms. The summed E-state index contributed by atoms with van der Waals surface area (Å²) in [6.07, 6.45) is 7.71. The molecule has 0 amide bonds. The van der Waals surface area contributed by atoms with Gasteiger partial charge in [-0.15, -0.1) is 0 Å². The molecule has 0 aromatic carbocycles. The zero-order chi connectivity index (χ0) is 12.3. The van der Waals surface area contributed by atoms with Crippen molar-refractivity contribution in [3.05, 3.63) is 48.0 Å². The molecule has 2 aromatic rings. The fourth-order valence-corrected chi connectivity index (χ4v) is 1.85. The van der Waals surface area contributed by atoms with Gasteiger partial charge in [0.15, 0.2) is 0 Å².